The molecule has 4 heteroatoms. The molecule has 0 aliphatic rings. The van der Waals surface area contributed by atoms with Gasteiger partial charge in [-0.25, -0.2) is 0 Å². The van der Waals surface area contributed by atoms with Gasteiger partial charge in [0.05, 0.1) is 6.04 Å². The summed E-state index contributed by atoms with van der Waals surface area (Å²) in [5.41, 5.74) is 2.92. The molecule has 0 saturated heterocycles. The first-order chi connectivity index (χ1) is 10.0. The van der Waals surface area contributed by atoms with Gasteiger partial charge in [0, 0.05) is 31.0 Å². The highest BCUT2D eigenvalue weighted by atomic mass is 16.1. The average molecular weight is 285 g/mol. The highest BCUT2D eigenvalue weighted by Crippen LogP contribution is 2.17. The van der Waals surface area contributed by atoms with Crippen molar-refractivity contribution in [2.45, 2.75) is 13.0 Å². The SMILES string of the molecule is Cc1ccccc1C(=O)NCC(c1cccn1C)N(C)C. The summed E-state index contributed by atoms with van der Waals surface area (Å²) in [5.74, 6) is -0.0193. The van der Waals surface area contributed by atoms with Crippen molar-refractivity contribution in [2.75, 3.05) is 20.6 Å². The minimum absolute atomic E-state index is 0.0193. The quantitative estimate of drug-likeness (QED) is 0.915. The minimum atomic E-state index is -0.0193. The second-order valence-corrected chi connectivity index (χ2v) is 5.55. The van der Waals surface area contributed by atoms with Gasteiger partial charge in [-0.1, -0.05) is 18.2 Å². The summed E-state index contributed by atoms with van der Waals surface area (Å²) < 4.78 is 2.09. The summed E-state index contributed by atoms with van der Waals surface area (Å²) in [6.07, 6.45) is 2.02. The Morgan fingerprint density at radius 3 is 2.52 bits per heavy atom. The van der Waals surface area contributed by atoms with Crippen molar-refractivity contribution in [3.8, 4) is 0 Å². The number of rotatable bonds is 5. The molecule has 21 heavy (non-hydrogen) atoms. The van der Waals surface area contributed by atoms with Crippen molar-refractivity contribution >= 4 is 5.91 Å². The number of carbonyl (C=O) groups is 1. The van der Waals surface area contributed by atoms with Gasteiger partial charge in [0.1, 0.15) is 0 Å². The van der Waals surface area contributed by atoms with E-state index in [1.54, 1.807) is 0 Å². The van der Waals surface area contributed by atoms with Crippen LogP contribution in [0.5, 0.6) is 0 Å². The molecule has 1 unspecified atom stereocenters. The fourth-order valence-electron chi connectivity index (χ4n) is 2.48. The molecule has 1 atom stereocenters. The third kappa shape index (κ3) is 3.52. The Balaban J connectivity index is 2.08. The molecule has 1 aromatic heterocycles. The molecule has 1 aromatic carbocycles. The van der Waals surface area contributed by atoms with Gasteiger partial charge in [0.2, 0.25) is 0 Å². The number of hydrogen-bond acceptors (Lipinski definition) is 2. The minimum Gasteiger partial charge on any atom is -0.353 e. The standard InChI is InChI=1S/C17H23N3O/c1-13-8-5-6-9-14(13)17(21)18-12-16(19(2)3)15-10-7-11-20(15)4/h5-11,16H,12H2,1-4H3,(H,18,21). The van der Waals surface area contributed by atoms with Crippen LogP contribution in [0.25, 0.3) is 0 Å². The summed E-state index contributed by atoms with van der Waals surface area (Å²) in [6.45, 7) is 2.54. The Morgan fingerprint density at radius 2 is 1.95 bits per heavy atom. The molecule has 0 radical (unpaired) electrons. The Kier molecular flexibility index (Phi) is 4.81. The first-order valence-electron chi connectivity index (χ1n) is 7.12. The molecule has 4 nitrogen and oxygen atoms in total. The highest BCUT2D eigenvalue weighted by molar-refractivity contribution is 5.95. The second kappa shape index (κ2) is 6.59. The van der Waals surface area contributed by atoms with Gasteiger partial charge in [0.25, 0.3) is 5.91 Å². The molecule has 0 spiro atoms. The molecule has 2 rings (SSSR count). The molecule has 1 amide bonds. The van der Waals surface area contributed by atoms with Crippen LogP contribution in [0.4, 0.5) is 0 Å². The van der Waals surface area contributed by atoms with Gasteiger partial charge in [0.15, 0.2) is 0 Å². The van der Waals surface area contributed by atoms with E-state index in [0.29, 0.717) is 6.54 Å². The van der Waals surface area contributed by atoms with Crippen LogP contribution in [0.15, 0.2) is 42.6 Å². The van der Waals surface area contributed by atoms with Gasteiger partial charge in [-0.2, -0.15) is 0 Å². The maximum atomic E-state index is 12.3. The lowest BCUT2D eigenvalue weighted by atomic mass is 10.1. The predicted molar refractivity (Wildman–Crippen MR) is 85.4 cm³/mol. The molecule has 0 saturated carbocycles. The number of aromatic nitrogens is 1. The highest BCUT2D eigenvalue weighted by Gasteiger charge is 2.18. The Labute approximate surface area is 126 Å². The first kappa shape index (κ1) is 15.3. The van der Waals surface area contributed by atoms with Crippen LogP contribution in [-0.2, 0) is 7.05 Å². The first-order valence-corrected chi connectivity index (χ1v) is 7.12. The topological polar surface area (TPSA) is 37.3 Å². The summed E-state index contributed by atoms with van der Waals surface area (Å²) in [4.78, 5) is 14.4. The monoisotopic (exact) mass is 285 g/mol. The van der Waals surface area contributed by atoms with Crippen molar-refractivity contribution in [2.24, 2.45) is 7.05 Å². The predicted octanol–water partition coefficient (Wildman–Crippen LogP) is 2.37. The molecule has 2 aromatic rings. The molecule has 0 fully saturated rings. The lowest BCUT2D eigenvalue weighted by Gasteiger charge is -2.25. The number of nitrogens with one attached hydrogen (secondary N) is 1. The van der Waals surface area contributed by atoms with E-state index in [-0.39, 0.29) is 11.9 Å². The van der Waals surface area contributed by atoms with Gasteiger partial charge in [-0.15, -0.1) is 0 Å². The van der Waals surface area contributed by atoms with Crippen LogP contribution >= 0.6 is 0 Å². The summed E-state index contributed by atoms with van der Waals surface area (Å²) >= 11 is 0. The van der Waals surface area contributed by atoms with Crippen molar-refractivity contribution in [3.63, 3.8) is 0 Å². The van der Waals surface area contributed by atoms with Crippen molar-refractivity contribution in [1.29, 1.82) is 0 Å². The van der Waals surface area contributed by atoms with Crippen LogP contribution < -0.4 is 5.32 Å². The third-order valence-corrected chi connectivity index (χ3v) is 3.79. The normalized spacial score (nSPS) is 12.4. The van der Waals surface area contributed by atoms with Crippen molar-refractivity contribution in [3.05, 3.63) is 59.4 Å². The van der Waals surface area contributed by atoms with E-state index in [1.807, 2.05) is 64.6 Å². The molecule has 0 aliphatic carbocycles. The van der Waals surface area contributed by atoms with Crippen LogP contribution in [0.3, 0.4) is 0 Å². The molecule has 0 aliphatic heterocycles. The zero-order chi connectivity index (χ0) is 15.4. The zero-order valence-corrected chi connectivity index (χ0v) is 13.1. The fraction of sp³-hybridized carbons (Fsp3) is 0.353. The van der Waals surface area contributed by atoms with Gasteiger partial charge in [-0.05, 0) is 44.8 Å². The maximum Gasteiger partial charge on any atom is 0.251 e. The van der Waals surface area contributed by atoms with E-state index in [1.165, 1.54) is 5.69 Å². The number of carbonyl (C=O) groups excluding carboxylic acids is 1. The molecular weight excluding hydrogens is 262 g/mol. The maximum absolute atomic E-state index is 12.3. The summed E-state index contributed by atoms with van der Waals surface area (Å²) in [5, 5.41) is 3.04. The van der Waals surface area contributed by atoms with E-state index >= 15 is 0 Å². The number of likely N-dealkylation sites (N-methyl/N-ethyl adjacent to an activating group) is 1. The zero-order valence-electron chi connectivity index (χ0n) is 13.1. The van der Waals surface area contributed by atoms with E-state index in [2.05, 4.69) is 20.9 Å². The van der Waals surface area contributed by atoms with Gasteiger partial charge in [-0.3, -0.25) is 9.69 Å². The van der Waals surface area contributed by atoms with Crippen molar-refractivity contribution < 1.29 is 4.79 Å². The molecule has 1 N–H and O–H groups in total. The van der Waals surface area contributed by atoms with E-state index in [4.69, 9.17) is 0 Å². The Morgan fingerprint density at radius 1 is 1.24 bits per heavy atom. The van der Waals surface area contributed by atoms with Crippen LogP contribution in [0.1, 0.15) is 27.7 Å². The second-order valence-electron chi connectivity index (χ2n) is 5.55. The summed E-state index contributed by atoms with van der Waals surface area (Å²) in [7, 11) is 6.07. The largest absolute Gasteiger partial charge is 0.353 e. The van der Waals surface area contributed by atoms with Crippen molar-refractivity contribution in [1.82, 2.24) is 14.8 Å². The Hall–Kier alpha value is -2.07. The lowest BCUT2D eigenvalue weighted by Crippen LogP contribution is -2.35. The average Bonchev–Trinajstić information content (AvgIpc) is 2.85. The van der Waals surface area contributed by atoms with Gasteiger partial charge < -0.3 is 9.88 Å². The molecule has 112 valence electrons. The number of hydrogen-bond donors (Lipinski definition) is 1. The molecule has 1 heterocycles. The Bertz CT molecular complexity index is 616. The number of nitrogens with zero attached hydrogens (tertiary/aromatic N) is 2. The van der Waals surface area contributed by atoms with E-state index in [9.17, 15) is 4.79 Å². The number of benzene rings is 1. The van der Waals surface area contributed by atoms with Gasteiger partial charge >= 0.3 is 0 Å². The van der Waals surface area contributed by atoms with E-state index < -0.39 is 0 Å². The molecular formula is C17H23N3O. The lowest BCUT2D eigenvalue weighted by molar-refractivity contribution is 0.0940. The third-order valence-electron chi connectivity index (χ3n) is 3.79. The van der Waals surface area contributed by atoms with Crippen LogP contribution in [0.2, 0.25) is 0 Å². The van der Waals surface area contributed by atoms with Crippen LogP contribution in [0, 0.1) is 6.92 Å². The molecule has 0 bridgehead atoms. The number of aryl methyl sites for hydroxylation is 2. The van der Waals surface area contributed by atoms with E-state index in [0.717, 1.165) is 11.1 Å². The summed E-state index contributed by atoms with van der Waals surface area (Å²) in [6, 6.07) is 11.9. The smallest absolute Gasteiger partial charge is 0.251 e. The fourth-order valence-corrected chi connectivity index (χ4v) is 2.48. The van der Waals surface area contributed by atoms with Crippen LogP contribution in [-0.4, -0.2) is 36.0 Å². The number of amides is 1.